The lowest BCUT2D eigenvalue weighted by Crippen LogP contribution is -2.23. The van der Waals surface area contributed by atoms with Gasteiger partial charge in [-0.15, -0.1) is 23.1 Å². The fraction of sp³-hybridized carbons (Fsp3) is 0.0909. The Morgan fingerprint density at radius 1 is 1.04 bits per heavy atom. The molecule has 0 saturated heterocycles. The summed E-state index contributed by atoms with van der Waals surface area (Å²) in [6, 6.07) is 22.0. The van der Waals surface area contributed by atoms with Gasteiger partial charge in [0.2, 0.25) is 0 Å². The average Bonchev–Trinajstić information content (AvgIpc) is 3.41. The summed E-state index contributed by atoms with van der Waals surface area (Å²) < 4.78 is 5.43. The maximum absolute atomic E-state index is 12.5. The predicted molar refractivity (Wildman–Crippen MR) is 113 cm³/mol. The summed E-state index contributed by atoms with van der Waals surface area (Å²) in [6.07, 6.45) is 1.56. The van der Waals surface area contributed by atoms with Gasteiger partial charge in [0.15, 0.2) is 5.76 Å². The lowest BCUT2D eigenvalue weighted by atomic mass is 10.2. The molecule has 4 nitrogen and oxygen atoms in total. The molecule has 0 aliphatic rings. The van der Waals surface area contributed by atoms with Crippen molar-refractivity contribution in [1.82, 2.24) is 10.3 Å². The molecule has 28 heavy (non-hydrogen) atoms. The van der Waals surface area contributed by atoms with Crippen molar-refractivity contribution in [2.24, 2.45) is 0 Å². The van der Waals surface area contributed by atoms with E-state index in [1.165, 1.54) is 0 Å². The van der Waals surface area contributed by atoms with Crippen LogP contribution in [0, 0.1) is 0 Å². The molecule has 1 N–H and O–H groups in total. The molecular formula is C22H18N2O2S2. The van der Waals surface area contributed by atoms with E-state index >= 15 is 0 Å². The first-order valence-electron chi connectivity index (χ1n) is 8.82. The molecule has 0 aliphatic heterocycles. The summed E-state index contributed by atoms with van der Waals surface area (Å²) in [5, 5.41) is 5.82. The van der Waals surface area contributed by atoms with Crippen molar-refractivity contribution in [1.29, 1.82) is 0 Å². The SMILES string of the molecule is O=C(NCc1csc(-c2ccccc2)n1)c1occc1CSc1ccccc1. The molecule has 4 aromatic rings. The highest BCUT2D eigenvalue weighted by Crippen LogP contribution is 2.25. The molecular weight excluding hydrogens is 388 g/mol. The van der Waals surface area contributed by atoms with Gasteiger partial charge in [0.05, 0.1) is 18.5 Å². The number of hydrogen-bond donors (Lipinski definition) is 1. The summed E-state index contributed by atoms with van der Waals surface area (Å²) in [6.45, 7) is 0.369. The Labute approximate surface area is 171 Å². The minimum absolute atomic E-state index is 0.220. The molecule has 0 fully saturated rings. The van der Waals surface area contributed by atoms with Crippen LogP contribution in [0.2, 0.25) is 0 Å². The van der Waals surface area contributed by atoms with Gasteiger partial charge in [-0.05, 0) is 18.2 Å². The number of benzene rings is 2. The number of nitrogens with zero attached hydrogens (tertiary/aromatic N) is 1. The lowest BCUT2D eigenvalue weighted by Gasteiger charge is -2.04. The number of furan rings is 1. The zero-order valence-electron chi connectivity index (χ0n) is 15.0. The van der Waals surface area contributed by atoms with E-state index in [0.29, 0.717) is 18.1 Å². The number of nitrogens with one attached hydrogen (secondary N) is 1. The van der Waals surface area contributed by atoms with Crippen LogP contribution in [0.15, 0.2) is 87.7 Å². The standard InChI is InChI=1S/C22H18N2O2S2/c25-21(20-17(11-12-26-20)14-27-19-9-5-2-6-10-19)23-13-18-15-28-22(24-18)16-7-3-1-4-8-16/h1-12,15H,13-14H2,(H,23,25). The van der Waals surface area contributed by atoms with Crippen LogP contribution in [0.3, 0.4) is 0 Å². The van der Waals surface area contributed by atoms with Crippen molar-refractivity contribution >= 4 is 29.0 Å². The largest absolute Gasteiger partial charge is 0.459 e. The Bertz CT molecular complexity index is 1040. The Morgan fingerprint density at radius 2 is 1.79 bits per heavy atom. The number of aromatic nitrogens is 1. The fourth-order valence-electron chi connectivity index (χ4n) is 2.68. The molecule has 0 radical (unpaired) electrons. The quantitative estimate of drug-likeness (QED) is 0.404. The van der Waals surface area contributed by atoms with Crippen LogP contribution in [0.25, 0.3) is 10.6 Å². The molecule has 0 saturated carbocycles. The van der Waals surface area contributed by atoms with Crippen LogP contribution < -0.4 is 5.32 Å². The second-order valence-electron chi connectivity index (χ2n) is 6.07. The van der Waals surface area contributed by atoms with Crippen LogP contribution in [-0.2, 0) is 12.3 Å². The molecule has 2 aromatic carbocycles. The molecule has 0 bridgehead atoms. The number of carbonyl (C=O) groups excluding carboxylic acids is 1. The van der Waals surface area contributed by atoms with Crippen molar-refractivity contribution in [2.75, 3.05) is 0 Å². The zero-order chi connectivity index (χ0) is 19.2. The smallest absolute Gasteiger partial charge is 0.287 e. The minimum atomic E-state index is -0.220. The normalized spacial score (nSPS) is 10.7. The van der Waals surface area contributed by atoms with Crippen LogP contribution >= 0.6 is 23.1 Å². The molecule has 140 valence electrons. The number of hydrogen-bond acceptors (Lipinski definition) is 5. The van der Waals surface area contributed by atoms with Gasteiger partial charge >= 0.3 is 0 Å². The van der Waals surface area contributed by atoms with E-state index in [2.05, 4.69) is 22.4 Å². The molecule has 0 spiro atoms. The highest BCUT2D eigenvalue weighted by atomic mass is 32.2. The second kappa shape index (κ2) is 8.91. The topological polar surface area (TPSA) is 55.1 Å². The maximum Gasteiger partial charge on any atom is 0.287 e. The lowest BCUT2D eigenvalue weighted by molar-refractivity contribution is 0.0921. The van der Waals surface area contributed by atoms with E-state index in [9.17, 15) is 4.79 Å². The Morgan fingerprint density at radius 3 is 2.57 bits per heavy atom. The van der Waals surface area contributed by atoms with Gasteiger partial charge in [-0.2, -0.15) is 0 Å². The third-order valence-corrected chi connectivity index (χ3v) is 6.09. The van der Waals surface area contributed by atoms with Gasteiger partial charge in [-0.25, -0.2) is 4.98 Å². The highest BCUT2D eigenvalue weighted by molar-refractivity contribution is 7.98. The third kappa shape index (κ3) is 4.52. The van der Waals surface area contributed by atoms with E-state index in [-0.39, 0.29) is 5.91 Å². The van der Waals surface area contributed by atoms with Crippen molar-refractivity contribution in [3.63, 3.8) is 0 Å². The Kier molecular flexibility index (Phi) is 5.89. The minimum Gasteiger partial charge on any atom is -0.459 e. The molecule has 4 rings (SSSR count). The molecule has 0 aliphatic carbocycles. The van der Waals surface area contributed by atoms with Gasteiger partial charge in [0.25, 0.3) is 5.91 Å². The number of amides is 1. The molecule has 6 heteroatoms. The van der Waals surface area contributed by atoms with Crippen molar-refractivity contribution in [3.8, 4) is 10.6 Å². The summed E-state index contributed by atoms with van der Waals surface area (Å²) in [7, 11) is 0. The van der Waals surface area contributed by atoms with Crippen LogP contribution in [0.1, 0.15) is 21.8 Å². The third-order valence-electron chi connectivity index (χ3n) is 4.09. The second-order valence-corrected chi connectivity index (χ2v) is 7.98. The van der Waals surface area contributed by atoms with Crippen molar-refractivity contribution in [3.05, 3.63) is 95.4 Å². The maximum atomic E-state index is 12.5. The number of thiazole rings is 1. The number of thioether (sulfide) groups is 1. The Hall–Kier alpha value is -2.83. The first-order valence-corrected chi connectivity index (χ1v) is 10.7. The highest BCUT2D eigenvalue weighted by Gasteiger charge is 2.16. The van der Waals surface area contributed by atoms with Gasteiger partial charge in [-0.1, -0.05) is 48.5 Å². The zero-order valence-corrected chi connectivity index (χ0v) is 16.6. The van der Waals surface area contributed by atoms with Gasteiger partial charge in [0, 0.05) is 27.2 Å². The first kappa shape index (κ1) is 18.5. The van der Waals surface area contributed by atoms with E-state index in [1.807, 2.05) is 60.0 Å². The van der Waals surface area contributed by atoms with Crippen molar-refractivity contribution in [2.45, 2.75) is 17.2 Å². The van der Waals surface area contributed by atoms with Crippen LogP contribution in [0.4, 0.5) is 0 Å². The average molecular weight is 407 g/mol. The molecule has 1 amide bonds. The number of carbonyl (C=O) groups is 1. The van der Waals surface area contributed by atoms with E-state index < -0.39 is 0 Å². The summed E-state index contributed by atoms with van der Waals surface area (Å²) >= 11 is 3.25. The molecule has 2 aromatic heterocycles. The fourth-order valence-corrected chi connectivity index (χ4v) is 4.40. The first-order chi connectivity index (χ1) is 13.8. The molecule has 0 atom stereocenters. The summed E-state index contributed by atoms with van der Waals surface area (Å²) in [5.41, 5.74) is 2.80. The van der Waals surface area contributed by atoms with Gasteiger partial charge in [0.1, 0.15) is 5.01 Å². The van der Waals surface area contributed by atoms with E-state index in [4.69, 9.17) is 4.42 Å². The number of rotatable bonds is 7. The van der Waals surface area contributed by atoms with Gasteiger partial charge < -0.3 is 9.73 Å². The molecule has 0 unspecified atom stereocenters. The monoisotopic (exact) mass is 406 g/mol. The van der Waals surface area contributed by atoms with E-state index in [1.54, 1.807) is 29.4 Å². The predicted octanol–water partition coefficient (Wildman–Crippen LogP) is 5.63. The molecule has 2 heterocycles. The van der Waals surface area contributed by atoms with Crippen molar-refractivity contribution < 1.29 is 9.21 Å². The summed E-state index contributed by atoms with van der Waals surface area (Å²) in [5.74, 6) is 0.822. The Balaban J connectivity index is 1.36. The van der Waals surface area contributed by atoms with Gasteiger partial charge in [-0.3, -0.25) is 4.79 Å². The van der Waals surface area contributed by atoms with Crippen LogP contribution in [0.5, 0.6) is 0 Å². The van der Waals surface area contributed by atoms with Crippen LogP contribution in [-0.4, -0.2) is 10.9 Å². The van der Waals surface area contributed by atoms with E-state index in [0.717, 1.165) is 26.7 Å². The summed E-state index contributed by atoms with van der Waals surface area (Å²) in [4.78, 5) is 18.3.